The van der Waals surface area contributed by atoms with E-state index in [0.29, 0.717) is 31.2 Å². The molecule has 122 valence electrons. The third-order valence-corrected chi connectivity index (χ3v) is 3.91. The minimum Gasteiger partial charge on any atom is -0.366 e. The summed E-state index contributed by atoms with van der Waals surface area (Å²) in [5, 5.41) is 18.4. The summed E-state index contributed by atoms with van der Waals surface area (Å²) in [6, 6.07) is 5.28. The molecule has 1 N–H and O–H groups in total. The van der Waals surface area contributed by atoms with Gasteiger partial charge in [-0.25, -0.2) is 4.98 Å². The number of nitro benzene ring substituents is 1. The molecule has 1 aliphatic heterocycles. The first-order valence-electron chi connectivity index (χ1n) is 7.61. The van der Waals surface area contributed by atoms with E-state index >= 15 is 0 Å². The maximum Gasteiger partial charge on any atom is 0.292 e. The summed E-state index contributed by atoms with van der Waals surface area (Å²) in [6.07, 6.45) is 0.480. The average Bonchev–Trinajstić information content (AvgIpc) is 3.04. The van der Waals surface area contributed by atoms with Crippen molar-refractivity contribution in [3.63, 3.8) is 0 Å². The summed E-state index contributed by atoms with van der Waals surface area (Å²) in [6.45, 7) is 5.41. The van der Waals surface area contributed by atoms with Gasteiger partial charge in [-0.1, -0.05) is 13.0 Å². The molecule has 0 saturated carbocycles. The molecule has 0 radical (unpaired) electrons. The van der Waals surface area contributed by atoms with E-state index in [1.165, 1.54) is 0 Å². The van der Waals surface area contributed by atoms with Crippen molar-refractivity contribution in [3.05, 3.63) is 45.5 Å². The number of anilines is 1. The number of aryl methyl sites for hydroxylation is 2. The molecule has 0 amide bonds. The van der Waals surface area contributed by atoms with Gasteiger partial charge in [-0.05, 0) is 18.6 Å². The fraction of sp³-hybridized carbons (Fsp3) is 0.467. The number of H-pyrrole nitrogens is 1. The maximum atomic E-state index is 11.3. The van der Waals surface area contributed by atoms with Gasteiger partial charge in [0.1, 0.15) is 17.6 Å². The Kier molecular flexibility index (Phi) is 4.24. The summed E-state index contributed by atoms with van der Waals surface area (Å²) in [5.41, 5.74) is 1.60. The molecule has 0 aliphatic carbocycles. The monoisotopic (exact) mass is 317 g/mol. The van der Waals surface area contributed by atoms with Crippen LogP contribution in [-0.4, -0.2) is 39.8 Å². The Morgan fingerprint density at radius 3 is 3.04 bits per heavy atom. The molecule has 0 bridgehead atoms. The number of rotatable bonds is 4. The number of hydrogen-bond acceptors (Lipinski definition) is 6. The lowest BCUT2D eigenvalue weighted by molar-refractivity contribution is -0.384. The third kappa shape index (κ3) is 3.16. The van der Waals surface area contributed by atoms with Crippen LogP contribution < -0.4 is 4.90 Å². The number of nitrogens with one attached hydrogen (secondary N) is 1. The Hall–Kier alpha value is -2.48. The highest BCUT2D eigenvalue weighted by molar-refractivity contribution is 5.64. The zero-order chi connectivity index (χ0) is 16.4. The van der Waals surface area contributed by atoms with Crippen LogP contribution in [0, 0.1) is 17.0 Å². The molecule has 2 heterocycles. The van der Waals surface area contributed by atoms with Crippen molar-refractivity contribution < 1.29 is 9.66 Å². The Morgan fingerprint density at radius 2 is 2.35 bits per heavy atom. The van der Waals surface area contributed by atoms with Crippen LogP contribution in [-0.2, 0) is 11.2 Å². The predicted molar refractivity (Wildman–Crippen MR) is 84.5 cm³/mol. The lowest BCUT2D eigenvalue weighted by atomic mass is 10.1. The number of hydrogen-bond donors (Lipinski definition) is 1. The second kappa shape index (κ2) is 6.33. The summed E-state index contributed by atoms with van der Waals surface area (Å²) in [5.74, 6) is 1.41. The van der Waals surface area contributed by atoms with Crippen molar-refractivity contribution in [3.8, 4) is 0 Å². The number of benzene rings is 1. The molecule has 1 saturated heterocycles. The Bertz CT molecular complexity index is 715. The van der Waals surface area contributed by atoms with Gasteiger partial charge in [-0.2, -0.15) is 5.10 Å². The molecular weight excluding hydrogens is 298 g/mol. The topological polar surface area (TPSA) is 97.2 Å². The molecule has 23 heavy (non-hydrogen) atoms. The Balaban J connectivity index is 1.85. The van der Waals surface area contributed by atoms with E-state index in [1.54, 1.807) is 12.1 Å². The van der Waals surface area contributed by atoms with Gasteiger partial charge in [0.05, 0.1) is 18.1 Å². The molecule has 1 aromatic carbocycles. The quantitative estimate of drug-likeness (QED) is 0.685. The highest BCUT2D eigenvalue weighted by Crippen LogP contribution is 2.32. The van der Waals surface area contributed by atoms with E-state index in [-0.39, 0.29) is 16.7 Å². The first-order chi connectivity index (χ1) is 11.1. The van der Waals surface area contributed by atoms with Crippen molar-refractivity contribution in [2.45, 2.75) is 26.4 Å². The minimum atomic E-state index is -0.339. The summed E-state index contributed by atoms with van der Waals surface area (Å²) < 4.78 is 5.74. The second-order valence-electron chi connectivity index (χ2n) is 5.55. The summed E-state index contributed by atoms with van der Waals surface area (Å²) in [4.78, 5) is 17.4. The SMILES string of the molecule is CCc1nc(C2CN(c3ccc(C)cc3[N+](=O)[O-])CCO2)n[nH]1. The minimum absolute atomic E-state index is 0.120. The van der Waals surface area contributed by atoms with Crippen LogP contribution in [0.4, 0.5) is 11.4 Å². The normalized spacial score (nSPS) is 18.2. The first-order valence-corrected chi connectivity index (χ1v) is 7.61. The number of ether oxygens (including phenoxy) is 1. The summed E-state index contributed by atoms with van der Waals surface area (Å²) in [7, 11) is 0. The van der Waals surface area contributed by atoms with Gasteiger partial charge >= 0.3 is 0 Å². The fourth-order valence-electron chi connectivity index (χ4n) is 2.68. The number of aromatic nitrogens is 3. The van der Waals surface area contributed by atoms with Crippen LogP contribution in [0.25, 0.3) is 0 Å². The van der Waals surface area contributed by atoms with E-state index in [0.717, 1.165) is 17.8 Å². The molecule has 1 atom stereocenters. The third-order valence-electron chi connectivity index (χ3n) is 3.91. The van der Waals surface area contributed by atoms with Gasteiger partial charge in [-0.15, -0.1) is 0 Å². The Labute approximate surface area is 133 Å². The average molecular weight is 317 g/mol. The van der Waals surface area contributed by atoms with E-state index in [2.05, 4.69) is 15.2 Å². The highest BCUT2D eigenvalue weighted by Gasteiger charge is 2.29. The van der Waals surface area contributed by atoms with Gasteiger partial charge in [0, 0.05) is 19.0 Å². The first kappa shape index (κ1) is 15.4. The number of nitrogens with zero attached hydrogens (tertiary/aromatic N) is 4. The van der Waals surface area contributed by atoms with Crippen LogP contribution in [0.3, 0.4) is 0 Å². The van der Waals surface area contributed by atoms with E-state index < -0.39 is 0 Å². The predicted octanol–water partition coefficient (Wildman–Crippen LogP) is 2.16. The lowest BCUT2D eigenvalue weighted by Gasteiger charge is -2.33. The molecule has 1 unspecified atom stereocenters. The van der Waals surface area contributed by atoms with Crippen LogP contribution >= 0.6 is 0 Å². The van der Waals surface area contributed by atoms with Gasteiger partial charge < -0.3 is 9.64 Å². The zero-order valence-corrected chi connectivity index (χ0v) is 13.2. The molecule has 1 fully saturated rings. The molecule has 1 aromatic heterocycles. The van der Waals surface area contributed by atoms with Crippen molar-refractivity contribution >= 4 is 11.4 Å². The molecular formula is C15H19N5O3. The van der Waals surface area contributed by atoms with Crippen LogP contribution in [0.5, 0.6) is 0 Å². The molecule has 1 aliphatic rings. The van der Waals surface area contributed by atoms with Crippen molar-refractivity contribution in [1.29, 1.82) is 0 Å². The highest BCUT2D eigenvalue weighted by atomic mass is 16.6. The number of aromatic amines is 1. The fourth-order valence-corrected chi connectivity index (χ4v) is 2.68. The molecule has 0 spiro atoms. The molecule has 2 aromatic rings. The van der Waals surface area contributed by atoms with Gasteiger partial charge in [0.2, 0.25) is 0 Å². The molecule has 8 heteroatoms. The standard InChI is InChI=1S/C15H19N5O3/c1-3-14-16-15(18-17-14)13-9-19(6-7-23-13)11-5-4-10(2)8-12(11)20(21)22/h4-5,8,13H,3,6-7,9H2,1-2H3,(H,16,17,18). The van der Waals surface area contributed by atoms with Gasteiger partial charge in [0.15, 0.2) is 5.82 Å². The zero-order valence-electron chi connectivity index (χ0n) is 13.2. The van der Waals surface area contributed by atoms with Crippen LogP contribution in [0.15, 0.2) is 18.2 Å². The van der Waals surface area contributed by atoms with E-state index in [9.17, 15) is 10.1 Å². The van der Waals surface area contributed by atoms with Crippen LogP contribution in [0.2, 0.25) is 0 Å². The van der Waals surface area contributed by atoms with Crippen LogP contribution in [0.1, 0.15) is 30.2 Å². The van der Waals surface area contributed by atoms with Crippen molar-refractivity contribution in [2.75, 3.05) is 24.6 Å². The van der Waals surface area contributed by atoms with E-state index in [4.69, 9.17) is 4.74 Å². The van der Waals surface area contributed by atoms with Gasteiger partial charge in [0.25, 0.3) is 5.69 Å². The lowest BCUT2D eigenvalue weighted by Crippen LogP contribution is -2.39. The maximum absolute atomic E-state index is 11.3. The van der Waals surface area contributed by atoms with E-state index in [1.807, 2.05) is 24.8 Å². The number of morpholine rings is 1. The smallest absolute Gasteiger partial charge is 0.292 e. The second-order valence-corrected chi connectivity index (χ2v) is 5.55. The molecule has 8 nitrogen and oxygen atoms in total. The number of nitro groups is 1. The van der Waals surface area contributed by atoms with Crippen molar-refractivity contribution in [1.82, 2.24) is 15.2 Å². The Morgan fingerprint density at radius 1 is 1.52 bits per heavy atom. The molecule has 3 rings (SSSR count). The van der Waals surface area contributed by atoms with Gasteiger partial charge in [-0.3, -0.25) is 15.2 Å². The largest absolute Gasteiger partial charge is 0.366 e. The van der Waals surface area contributed by atoms with Crippen molar-refractivity contribution in [2.24, 2.45) is 0 Å². The summed E-state index contributed by atoms with van der Waals surface area (Å²) >= 11 is 0.